The second-order valence-electron chi connectivity index (χ2n) is 4.25. The van der Waals surface area contributed by atoms with Gasteiger partial charge in [0.05, 0.1) is 16.9 Å². The summed E-state index contributed by atoms with van der Waals surface area (Å²) in [6.45, 7) is 1.14. The van der Waals surface area contributed by atoms with E-state index >= 15 is 0 Å². The van der Waals surface area contributed by atoms with Crippen molar-refractivity contribution in [3.05, 3.63) is 53.8 Å². The van der Waals surface area contributed by atoms with E-state index in [1.54, 1.807) is 23.2 Å². The van der Waals surface area contributed by atoms with Crippen molar-refractivity contribution in [2.45, 2.75) is 6.54 Å². The van der Waals surface area contributed by atoms with Crippen LogP contribution in [0.2, 0.25) is 5.02 Å². The number of nitrogens with zero attached hydrogens (tertiary/aromatic N) is 4. The maximum atomic E-state index is 12.1. The zero-order valence-electron chi connectivity index (χ0n) is 10.5. The molecule has 7 heteroatoms. The molecule has 0 saturated carbocycles. The first kappa shape index (κ1) is 12.7. The highest BCUT2D eigenvalue weighted by Crippen LogP contribution is 2.21. The van der Waals surface area contributed by atoms with Crippen LogP contribution in [0, 0.1) is 0 Å². The molecule has 0 unspecified atom stereocenters. The number of pyridine rings is 1. The lowest BCUT2D eigenvalue weighted by atomic mass is 10.3. The minimum Gasteiger partial charge on any atom is -0.349 e. The van der Waals surface area contributed by atoms with E-state index in [0.29, 0.717) is 23.6 Å². The molecule has 0 aliphatic heterocycles. The van der Waals surface area contributed by atoms with Gasteiger partial charge in [0.15, 0.2) is 5.69 Å². The largest absolute Gasteiger partial charge is 0.349 e. The molecule has 1 amide bonds. The van der Waals surface area contributed by atoms with Crippen molar-refractivity contribution in [1.29, 1.82) is 0 Å². The summed E-state index contributed by atoms with van der Waals surface area (Å²) in [5, 5.41) is 7.34. The predicted molar refractivity (Wildman–Crippen MR) is 74.8 cm³/mol. The number of rotatable bonds is 4. The third-order valence-electron chi connectivity index (χ3n) is 2.91. The zero-order chi connectivity index (χ0) is 13.9. The maximum Gasteiger partial charge on any atom is 0.273 e. The zero-order valence-corrected chi connectivity index (χ0v) is 11.3. The lowest BCUT2D eigenvalue weighted by molar-refractivity contribution is 0.0947. The van der Waals surface area contributed by atoms with E-state index in [4.69, 9.17) is 11.6 Å². The van der Waals surface area contributed by atoms with Crippen molar-refractivity contribution >= 4 is 23.0 Å². The Bertz CT molecular complexity index is 734. The molecule has 0 aliphatic carbocycles. The highest BCUT2D eigenvalue weighted by molar-refractivity contribution is 6.36. The molecule has 20 heavy (non-hydrogen) atoms. The van der Waals surface area contributed by atoms with Crippen LogP contribution in [0.1, 0.15) is 10.5 Å². The van der Waals surface area contributed by atoms with Crippen molar-refractivity contribution in [2.75, 3.05) is 6.54 Å². The smallest absolute Gasteiger partial charge is 0.273 e. The number of amides is 1. The summed E-state index contributed by atoms with van der Waals surface area (Å²) in [5.41, 5.74) is 0.956. The molecule has 0 atom stereocenters. The van der Waals surface area contributed by atoms with Gasteiger partial charge in [-0.3, -0.25) is 4.79 Å². The summed E-state index contributed by atoms with van der Waals surface area (Å²) in [5.74, 6) is -0.279. The van der Waals surface area contributed by atoms with Crippen LogP contribution >= 0.6 is 11.6 Å². The number of halogens is 1. The number of aromatic nitrogens is 4. The molecule has 3 rings (SSSR count). The number of hydrogen-bond donors (Lipinski definition) is 1. The Morgan fingerprint density at radius 2 is 2.25 bits per heavy atom. The van der Waals surface area contributed by atoms with Gasteiger partial charge in [0.25, 0.3) is 5.91 Å². The van der Waals surface area contributed by atoms with Crippen molar-refractivity contribution in [3.63, 3.8) is 0 Å². The lowest BCUT2D eigenvalue weighted by Crippen LogP contribution is -2.27. The molecular formula is C13H12ClN5O. The third-order valence-corrected chi connectivity index (χ3v) is 3.28. The van der Waals surface area contributed by atoms with E-state index in [1.807, 2.05) is 29.0 Å². The third kappa shape index (κ3) is 2.37. The van der Waals surface area contributed by atoms with Crippen molar-refractivity contribution in [3.8, 4) is 0 Å². The molecule has 1 N–H and O–H groups in total. The number of imidazole rings is 1. The minimum absolute atomic E-state index is 0.239. The molecule has 0 aromatic carbocycles. The fourth-order valence-corrected chi connectivity index (χ4v) is 2.19. The van der Waals surface area contributed by atoms with Gasteiger partial charge in [0, 0.05) is 31.7 Å². The van der Waals surface area contributed by atoms with Gasteiger partial charge in [-0.25, -0.2) is 9.50 Å². The number of nitrogens with one attached hydrogen (secondary N) is 1. The Balaban J connectivity index is 1.71. The van der Waals surface area contributed by atoms with Crippen LogP contribution in [0.5, 0.6) is 0 Å². The van der Waals surface area contributed by atoms with Gasteiger partial charge in [-0.15, -0.1) is 0 Å². The molecule has 102 valence electrons. The Hall–Kier alpha value is -2.34. The van der Waals surface area contributed by atoms with Gasteiger partial charge in [0.1, 0.15) is 0 Å². The first-order valence-corrected chi connectivity index (χ1v) is 6.50. The van der Waals surface area contributed by atoms with Gasteiger partial charge >= 0.3 is 0 Å². The van der Waals surface area contributed by atoms with Crippen LogP contribution in [0.25, 0.3) is 5.52 Å². The number of carbonyl (C=O) groups excluding carboxylic acids is 1. The van der Waals surface area contributed by atoms with Gasteiger partial charge in [-0.1, -0.05) is 17.7 Å². The summed E-state index contributed by atoms with van der Waals surface area (Å²) in [6, 6.07) is 5.50. The first-order chi connectivity index (χ1) is 9.75. The summed E-state index contributed by atoms with van der Waals surface area (Å²) in [4.78, 5) is 16.0. The molecule has 3 aromatic rings. The lowest BCUT2D eigenvalue weighted by Gasteiger charge is -2.03. The summed E-state index contributed by atoms with van der Waals surface area (Å²) >= 11 is 6.17. The summed E-state index contributed by atoms with van der Waals surface area (Å²) in [7, 11) is 0. The molecule has 0 radical (unpaired) electrons. The molecule has 6 nitrogen and oxygen atoms in total. The molecule has 0 bridgehead atoms. The number of fused-ring (bicyclic) bond motifs is 1. The van der Waals surface area contributed by atoms with E-state index in [2.05, 4.69) is 15.4 Å². The van der Waals surface area contributed by atoms with E-state index in [0.717, 1.165) is 0 Å². The standard InChI is InChI=1S/C13H12ClN5O/c14-11-10-3-1-2-6-19(10)17-12(11)13(20)16-5-8-18-7-4-15-9-18/h1-4,6-7,9H,5,8H2,(H,16,20). The predicted octanol–water partition coefficient (Wildman–Crippen LogP) is 1.61. The van der Waals surface area contributed by atoms with Crippen LogP contribution in [0.15, 0.2) is 43.1 Å². The molecule has 0 fully saturated rings. The molecule has 0 spiro atoms. The quantitative estimate of drug-likeness (QED) is 0.794. The van der Waals surface area contributed by atoms with E-state index in [1.165, 1.54) is 0 Å². The molecular weight excluding hydrogens is 278 g/mol. The van der Waals surface area contributed by atoms with Crippen molar-refractivity contribution in [2.24, 2.45) is 0 Å². The second kappa shape index (κ2) is 5.34. The fourth-order valence-electron chi connectivity index (χ4n) is 1.91. The molecule has 3 heterocycles. The van der Waals surface area contributed by atoms with Gasteiger partial charge in [0.2, 0.25) is 0 Å². The molecule has 3 aromatic heterocycles. The van der Waals surface area contributed by atoms with Crippen molar-refractivity contribution < 1.29 is 4.79 Å². The van der Waals surface area contributed by atoms with Crippen LogP contribution in [-0.2, 0) is 6.54 Å². The number of carbonyl (C=O) groups is 1. The van der Waals surface area contributed by atoms with Gasteiger partial charge in [-0.2, -0.15) is 5.10 Å². The summed E-state index contributed by atoms with van der Waals surface area (Å²) in [6.07, 6.45) is 6.98. The minimum atomic E-state index is -0.279. The highest BCUT2D eigenvalue weighted by Gasteiger charge is 2.16. The van der Waals surface area contributed by atoms with Gasteiger partial charge < -0.3 is 9.88 Å². The van der Waals surface area contributed by atoms with Crippen LogP contribution in [-0.4, -0.2) is 31.6 Å². The van der Waals surface area contributed by atoms with Crippen molar-refractivity contribution in [1.82, 2.24) is 24.5 Å². The SMILES string of the molecule is O=C(NCCn1ccnc1)c1nn2ccccc2c1Cl. The van der Waals surface area contributed by atoms with E-state index < -0.39 is 0 Å². The van der Waals surface area contributed by atoms with E-state index in [-0.39, 0.29) is 11.6 Å². The molecule has 0 aliphatic rings. The monoisotopic (exact) mass is 289 g/mol. The normalized spacial score (nSPS) is 10.8. The topological polar surface area (TPSA) is 64.2 Å². The average molecular weight is 290 g/mol. The maximum absolute atomic E-state index is 12.1. The van der Waals surface area contributed by atoms with Crippen LogP contribution < -0.4 is 5.32 Å². The van der Waals surface area contributed by atoms with Gasteiger partial charge in [-0.05, 0) is 12.1 Å². The summed E-state index contributed by atoms with van der Waals surface area (Å²) < 4.78 is 3.47. The molecule has 0 saturated heterocycles. The van der Waals surface area contributed by atoms with E-state index in [9.17, 15) is 4.79 Å². The average Bonchev–Trinajstić information content (AvgIpc) is 3.08. The Kier molecular flexibility index (Phi) is 3.39. The Morgan fingerprint density at radius 3 is 3.00 bits per heavy atom. The Labute approximate surface area is 120 Å². The van der Waals surface area contributed by atoms with Crippen LogP contribution in [0.4, 0.5) is 0 Å². The fraction of sp³-hybridized carbons (Fsp3) is 0.154. The highest BCUT2D eigenvalue weighted by atomic mass is 35.5. The van der Waals surface area contributed by atoms with Crippen LogP contribution in [0.3, 0.4) is 0 Å². The Morgan fingerprint density at radius 1 is 1.35 bits per heavy atom. The number of hydrogen-bond acceptors (Lipinski definition) is 3. The second-order valence-corrected chi connectivity index (χ2v) is 4.63. The first-order valence-electron chi connectivity index (χ1n) is 6.12.